The van der Waals surface area contributed by atoms with Crippen LogP contribution >= 0.6 is 0 Å². The number of fused-ring (bicyclic) bond motifs is 1. The lowest BCUT2D eigenvalue weighted by molar-refractivity contribution is 0.413. The molecule has 0 aliphatic heterocycles. The number of methoxy groups -OCH3 is 2. The number of pyridine rings is 1. The van der Waals surface area contributed by atoms with Crippen LogP contribution in [-0.2, 0) is 0 Å². The molecular weight excluding hydrogens is 406 g/mol. The monoisotopic (exact) mass is 425 g/mol. The molecule has 0 N–H and O–H groups in total. The predicted molar refractivity (Wildman–Crippen MR) is 121 cm³/mol. The Morgan fingerprint density at radius 1 is 0.812 bits per heavy atom. The maximum Gasteiger partial charge on any atom is 0.262 e. The van der Waals surface area contributed by atoms with Crippen molar-refractivity contribution in [3.8, 4) is 40.0 Å². The van der Waals surface area contributed by atoms with E-state index < -0.39 is 0 Å². The van der Waals surface area contributed by atoms with Gasteiger partial charge in [-0.3, -0.25) is 9.36 Å². The first-order valence-corrected chi connectivity index (χ1v) is 9.96. The second-order valence-corrected chi connectivity index (χ2v) is 7.08. The molecule has 5 aromatic rings. The standard InChI is InChI=1S/C25H19N3O4/c1-30-17-13-11-16(12-14-17)28-15-21(18-7-3-4-8-19(18)25(28)29)24-26-23(27-32-24)20-9-5-6-10-22(20)31-2/h3-15H,1-2H3. The van der Waals surface area contributed by atoms with E-state index in [-0.39, 0.29) is 5.56 Å². The zero-order valence-electron chi connectivity index (χ0n) is 17.5. The molecule has 0 radical (unpaired) electrons. The normalized spacial score (nSPS) is 10.9. The van der Waals surface area contributed by atoms with E-state index in [1.165, 1.54) is 0 Å². The first kappa shape index (κ1) is 19.6. The summed E-state index contributed by atoms with van der Waals surface area (Å²) in [5.41, 5.74) is 1.94. The molecule has 7 heteroatoms. The fourth-order valence-electron chi connectivity index (χ4n) is 3.67. The zero-order valence-corrected chi connectivity index (χ0v) is 17.5. The Bertz CT molecular complexity index is 1470. The van der Waals surface area contributed by atoms with Gasteiger partial charge in [0, 0.05) is 22.7 Å². The van der Waals surface area contributed by atoms with Gasteiger partial charge in [-0.05, 0) is 42.5 Å². The van der Waals surface area contributed by atoms with Crippen LogP contribution in [0.4, 0.5) is 0 Å². The summed E-state index contributed by atoms with van der Waals surface area (Å²) in [5.74, 6) is 2.07. The predicted octanol–water partition coefficient (Wildman–Crippen LogP) is 4.72. The summed E-state index contributed by atoms with van der Waals surface area (Å²) >= 11 is 0. The van der Waals surface area contributed by atoms with E-state index in [2.05, 4.69) is 10.1 Å². The van der Waals surface area contributed by atoms with Crippen molar-refractivity contribution in [1.29, 1.82) is 0 Å². The van der Waals surface area contributed by atoms with Gasteiger partial charge in [0.2, 0.25) is 5.82 Å². The van der Waals surface area contributed by atoms with E-state index in [9.17, 15) is 4.79 Å². The van der Waals surface area contributed by atoms with Gasteiger partial charge in [0.1, 0.15) is 11.5 Å². The molecule has 0 aliphatic carbocycles. The minimum Gasteiger partial charge on any atom is -0.497 e. The molecule has 0 saturated heterocycles. The van der Waals surface area contributed by atoms with Crippen molar-refractivity contribution in [2.75, 3.05) is 14.2 Å². The fraction of sp³-hybridized carbons (Fsp3) is 0.0800. The van der Waals surface area contributed by atoms with Crippen molar-refractivity contribution >= 4 is 10.8 Å². The van der Waals surface area contributed by atoms with E-state index in [0.29, 0.717) is 39.9 Å². The summed E-state index contributed by atoms with van der Waals surface area (Å²) in [7, 11) is 3.20. The van der Waals surface area contributed by atoms with Crippen molar-refractivity contribution in [3.05, 3.63) is 89.3 Å². The molecule has 0 fully saturated rings. The summed E-state index contributed by atoms with van der Waals surface area (Å²) in [4.78, 5) is 17.8. The molecule has 0 amide bonds. The Balaban J connectivity index is 1.70. The molecule has 0 atom stereocenters. The number of rotatable bonds is 5. The van der Waals surface area contributed by atoms with Gasteiger partial charge in [-0.2, -0.15) is 4.98 Å². The van der Waals surface area contributed by atoms with Crippen LogP contribution in [0.5, 0.6) is 11.5 Å². The van der Waals surface area contributed by atoms with Crippen molar-refractivity contribution in [1.82, 2.24) is 14.7 Å². The first-order valence-electron chi connectivity index (χ1n) is 9.96. The summed E-state index contributed by atoms with van der Waals surface area (Å²) in [6.07, 6.45) is 1.73. The number of hydrogen-bond acceptors (Lipinski definition) is 6. The van der Waals surface area contributed by atoms with Crippen molar-refractivity contribution in [3.63, 3.8) is 0 Å². The Morgan fingerprint density at radius 3 is 2.28 bits per heavy atom. The molecule has 0 saturated carbocycles. The van der Waals surface area contributed by atoms with Gasteiger partial charge in [0.05, 0.1) is 25.3 Å². The molecule has 32 heavy (non-hydrogen) atoms. The molecule has 5 rings (SSSR count). The number of hydrogen-bond donors (Lipinski definition) is 0. The molecule has 0 spiro atoms. The van der Waals surface area contributed by atoms with Crippen LogP contribution in [0.2, 0.25) is 0 Å². The first-order chi connectivity index (χ1) is 15.7. The number of nitrogens with zero attached hydrogens (tertiary/aromatic N) is 3. The Morgan fingerprint density at radius 2 is 1.53 bits per heavy atom. The van der Waals surface area contributed by atoms with Crippen LogP contribution < -0.4 is 15.0 Å². The Kier molecular flexibility index (Phi) is 4.91. The van der Waals surface area contributed by atoms with Crippen molar-refractivity contribution < 1.29 is 14.0 Å². The van der Waals surface area contributed by atoms with Gasteiger partial charge >= 0.3 is 0 Å². The average molecular weight is 425 g/mol. The quantitative estimate of drug-likeness (QED) is 0.405. The lowest BCUT2D eigenvalue weighted by Crippen LogP contribution is -2.18. The lowest BCUT2D eigenvalue weighted by Gasteiger charge is -2.11. The third kappa shape index (κ3) is 3.30. The highest BCUT2D eigenvalue weighted by molar-refractivity contribution is 5.94. The Hall–Kier alpha value is -4.39. The average Bonchev–Trinajstić information content (AvgIpc) is 3.34. The van der Waals surface area contributed by atoms with Crippen LogP contribution in [0.3, 0.4) is 0 Å². The molecule has 3 aromatic carbocycles. The van der Waals surface area contributed by atoms with E-state index in [1.807, 2.05) is 66.7 Å². The van der Waals surface area contributed by atoms with Crippen LogP contribution in [0, 0.1) is 0 Å². The maximum absolute atomic E-state index is 13.2. The van der Waals surface area contributed by atoms with E-state index in [4.69, 9.17) is 14.0 Å². The molecule has 2 aromatic heterocycles. The van der Waals surface area contributed by atoms with Gasteiger partial charge in [-0.1, -0.05) is 35.5 Å². The van der Waals surface area contributed by atoms with Crippen LogP contribution in [-0.4, -0.2) is 28.9 Å². The number of aromatic nitrogens is 3. The second kappa shape index (κ2) is 8.03. The highest BCUT2D eigenvalue weighted by Gasteiger charge is 2.18. The summed E-state index contributed by atoms with van der Waals surface area (Å²) < 4.78 is 17.9. The van der Waals surface area contributed by atoms with Gasteiger partial charge < -0.3 is 14.0 Å². The molecule has 2 heterocycles. The highest BCUT2D eigenvalue weighted by atomic mass is 16.5. The second-order valence-electron chi connectivity index (χ2n) is 7.08. The molecule has 0 bridgehead atoms. The van der Waals surface area contributed by atoms with Crippen LogP contribution in [0.15, 0.2) is 88.3 Å². The number of benzene rings is 3. The van der Waals surface area contributed by atoms with Gasteiger partial charge in [-0.25, -0.2) is 0 Å². The van der Waals surface area contributed by atoms with E-state index >= 15 is 0 Å². The smallest absolute Gasteiger partial charge is 0.262 e. The van der Waals surface area contributed by atoms with Crippen molar-refractivity contribution in [2.24, 2.45) is 0 Å². The molecule has 0 unspecified atom stereocenters. The topological polar surface area (TPSA) is 79.4 Å². The minimum atomic E-state index is -0.140. The summed E-state index contributed by atoms with van der Waals surface area (Å²) in [6.45, 7) is 0. The van der Waals surface area contributed by atoms with Gasteiger partial charge in [-0.15, -0.1) is 0 Å². The highest BCUT2D eigenvalue weighted by Crippen LogP contribution is 2.31. The number of ether oxygens (including phenoxy) is 2. The molecule has 0 aliphatic rings. The fourth-order valence-corrected chi connectivity index (χ4v) is 3.67. The SMILES string of the molecule is COc1ccc(-n2cc(-c3nc(-c4ccccc4OC)no3)c3ccccc3c2=O)cc1. The minimum absolute atomic E-state index is 0.140. The lowest BCUT2D eigenvalue weighted by atomic mass is 10.1. The summed E-state index contributed by atoms with van der Waals surface area (Å²) in [6, 6.07) is 22.1. The molecule has 158 valence electrons. The van der Waals surface area contributed by atoms with E-state index in [0.717, 1.165) is 10.9 Å². The van der Waals surface area contributed by atoms with Crippen molar-refractivity contribution in [2.45, 2.75) is 0 Å². The largest absolute Gasteiger partial charge is 0.497 e. The summed E-state index contributed by atoms with van der Waals surface area (Å²) in [5, 5.41) is 5.44. The van der Waals surface area contributed by atoms with Crippen LogP contribution in [0.25, 0.3) is 39.3 Å². The molecule has 7 nitrogen and oxygen atoms in total. The maximum atomic E-state index is 13.2. The van der Waals surface area contributed by atoms with E-state index in [1.54, 1.807) is 31.0 Å². The van der Waals surface area contributed by atoms with Crippen LogP contribution in [0.1, 0.15) is 0 Å². The van der Waals surface area contributed by atoms with Gasteiger partial charge in [0.15, 0.2) is 0 Å². The Labute approximate surface area is 183 Å². The molecular formula is C25H19N3O4. The number of para-hydroxylation sites is 1. The third-order valence-electron chi connectivity index (χ3n) is 5.28. The van der Waals surface area contributed by atoms with Gasteiger partial charge in [0.25, 0.3) is 11.4 Å². The zero-order chi connectivity index (χ0) is 22.1. The third-order valence-corrected chi connectivity index (χ3v) is 5.28.